The number of nitrogens with one attached hydrogen (secondary N) is 2. The van der Waals surface area contributed by atoms with E-state index in [1.54, 1.807) is 32.9 Å². The highest BCUT2D eigenvalue weighted by Crippen LogP contribution is 2.20. The molecule has 0 saturated carbocycles. The zero-order valence-corrected chi connectivity index (χ0v) is 14.8. The summed E-state index contributed by atoms with van der Waals surface area (Å²) < 4.78 is 23.2. The van der Waals surface area contributed by atoms with Crippen LogP contribution in [0.1, 0.15) is 26.3 Å². The van der Waals surface area contributed by atoms with Gasteiger partial charge in [-0.15, -0.1) is 0 Å². The molecule has 9 heteroatoms. The quantitative estimate of drug-likeness (QED) is 0.540. The molecule has 0 saturated heterocycles. The Morgan fingerprint density at radius 1 is 1.25 bits per heavy atom. The van der Waals surface area contributed by atoms with Crippen molar-refractivity contribution in [2.24, 2.45) is 16.8 Å². The molecule has 1 rings (SSSR count). The van der Waals surface area contributed by atoms with Crippen LogP contribution in [0, 0.1) is 5.92 Å². The number of aryl methyl sites for hydroxylation is 1. The summed E-state index contributed by atoms with van der Waals surface area (Å²) in [6.45, 7) is 5.14. The highest BCUT2D eigenvalue weighted by atomic mass is 32.2. The molecular weight excluding hydrogens is 332 g/mol. The van der Waals surface area contributed by atoms with Gasteiger partial charge < -0.3 is 16.4 Å². The smallest absolute Gasteiger partial charge is 0.243 e. The highest BCUT2D eigenvalue weighted by molar-refractivity contribution is 7.89. The summed E-state index contributed by atoms with van der Waals surface area (Å²) in [6.07, 6.45) is 0.489. The molecule has 6 N–H and O–H groups in total. The molecule has 0 radical (unpaired) electrons. The monoisotopic (exact) mass is 356 g/mol. The van der Waals surface area contributed by atoms with E-state index < -0.39 is 27.9 Å². The summed E-state index contributed by atoms with van der Waals surface area (Å²) in [5, 5.41) is 10.1. The van der Waals surface area contributed by atoms with Crippen LogP contribution in [0.5, 0.6) is 0 Å². The first-order valence-electron chi connectivity index (χ1n) is 7.55. The maximum Gasteiger partial charge on any atom is 0.243 e. The van der Waals surface area contributed by atoms with E-state index in [0.29, 0.717) is 12.0 Å². The van der Waals surface area contributed by atoms with Crippen molar-refractivity contribution in [2.45, 2.75) is 38.1 Å². The molecule has 0 aliphatic rings. The van der Waals surface area contributed by atoms with Gasteiger partial charge in [0.1, 0.15) is 0 Å². The Labute approximate surface area is 142 Å². The summed E-state index contributed by atoms with van der Waals surface area (Å²) in [6, 6.07) is 3.76. The third kappa shape index (κ3) is 5.59. The first-order valence-corrected chi connectivity index (χ1v) is 9.09. The van der Waals surface area contributed by atoms with E-state index in [1.165, 1.54) is 6.07 Å². The van der Waals surface area contributed by atoms with Crippen molar-refractivity contribution in [3.8, 4) is 0 Å². The van der Waals surface area contributed by atoms with Crippen LogP contribution in [0.15, 0.2) is 23.1 Å². The van der Waals surface area contributed by atoms with Gasteiger partial charge in [-0.1, -0.05) is 26.8 Å². The number of nitrogens with two attached hydrogens (primary N) is 2. The number of sulfonamides is 1. The number of carbonyl (C=O) groups excluding carboxylic acids is 2. The fourth-order valence-electron chi connectivity index (χ4n) is 1.98. The van der Waals surface area contributed by atoms with Crippen molar-refractivity contribution in [2.75, 3.05) is 11.9 Å². The third-order valence-electron chi connectivity index (χ3n) is 3.48. The van der Waals surface area contributed by atoms with Gasteiger partial charge in [0.05, 0.1) is 17.5 Å². The average Bonchev–Trinajstić information content (AvgIpc) is 2.50. The average molecular weight is 356 g/mol. The van der Waals surface area contributed by atoms with Crippen LogP contribution in [0.4, 0.5) is 5.69 Å². The van der Waals surface area contributed by atoms with Crippen molar-refractivity contribution in [1.29, 1.82) is 0 Å². The van der Waals surface area contributed by atoms with Crippen LogP contribution in [0.2, 0.25) is 0 Å². The predicted molar refractivity (Wildman–Crippen MR) is 91.6 cm³/mol. The number of hydrogen-bond acceptors (Lipinski definition) is 5. The minimum absolute atomic E-state index is 0.0336. The van der Waals surface area contributed by atoms with E-state index in [4.69, 9.17) is 10.9 Å². The van der Waals surface area contributed by atoms with E-state index >= 15 is 0 Å². The second-order valence-electron chi connectivity index (χ2n) is 5.76. The maximum absolute atomic E-state index is 11.9. The second-order valence-corrected chi connectivity index (χ2v) is 7.29. The van der Waals surface area contributed by atoms with Crippen molar-refractivity contribution < 1.29 is 18.0 Å². The van der Waals surface area contributed by atoms with Gasteiger partial charge in [0.2, 0.25) is 21.8 Å². The number of benzene rings is 1. The lowest BCUT2D eigenvalue weighted by atomic mass is 10.1. The molecule has 2 amide bonds. The van der Waals surface area contributed by atoms with Gasteiger partial charge >= 0.3 is 0 Å². The van der Waals surface area contributed by atoms with E-state index in [2.05, 4.69) is 10.6 Å². The molecule has 0 fully saturated rings. The van der Waals surface area contributed by atoms with Gasteiger partial charge in [-0.05, 0) is 30.0 Å². The number of amides is 2. The van der Waals surface area contributed by atoms with Gasteiger partial charge in [0.15, 0.2) is 0 Å². The molecule has 0 aromatic heterocycles. The third-order valence-corrected chi connectivity index (χ3v) is 4.48. The lowest BCUT2D eigenvalue weighted by Crippen LogP contribution is -2.46. The molecule has 0 spiro atoms. The fourth-order valence-corrected chi connectivity index (χ4v) is 2.85. The number of hydrogen-bond donors (Lipinski definition) is 4. The van der Waals surface area contributed by atoms with E-state index in [1.807, 2.05) is 0 Å². The van der Waals surface area contributed by atoms with Crippen molar-refractivity contribution in [3.05, 3.63) is 23.8 Å². The molecule has 0 bridgehead atoms. The van der Waals surface area contributed by atoms with Crippen LogP contribution in [-0.4, -0.2) is 32.8 Å². The van der Waals surface area contributed by atoms with Gasteiger partial charge in [-0.2, -0.15) is 0 Å². The number of anilines is 1. The number of primary sulfonamides is 1. The zero-order chi connectivity index (χ0) is 18.5. The summed E-state index contributed by atoms with van der Waals surface area (Å²) in [5.41, 5.74) is 6.52. The van der Waals surface area contributed by atoms with Crippen LogP contribution < -0.4 is 21.5 Å². The van der Waals surface area contributed by atoms with Crippen molar-refractivity contribution in [1.82, 2.24) is 5.32 Å². The standard InChI is InChI=1S/C15H24N4O4S/c1-4-10-5-6-11(7-12(10)24(17,22)23)19-13(20)8-18-15(21)14(16)9(2)3/h5-7,9,14H,4,8,16H2,1-3H3,(H,18,21)(H,19,20)(H2,17,22,23)/t14-/m0/s1. The van der Waals surface area contributed by atoms with E-state index in [-0.39, 0.29) is 23.0 Å². The minimum Gasteiger partial charge on any atom is -0.346 e. The maximum atomic E-state index is 11.9. The molecule has 0 aliphatic heterocycles. The molecule has 24 heavy (non-hydrogen) atoms. The molecule has 0 unspecified atom stereocenters. The summed E-state index contributed by atoms with van der Waals surface area (Å²) in [7, 11) is -3.89. The molecule has 0 heterocycles. The Morgan fingerprint density at radius 3 is 2.38 bits per heavy atom. The predicted octanol–water partition coefficient (Wildman–Crippen LogP) is -0.0656. The topological polar surface area (TPSA) is 144 Å². The highest BCUT2D eigenvalue weighted by Gasteiger charge is 2.18. The van der Waals surface area contributed by atoms with Crippen LogP contribution in [0.3, 0.4) is 0 Å². The molecule has 1 atom stereocenters. The van der Waals surface area contributed by atoms with Crippen LogP contribution in [-0.2, 0) is 26.0 Å². The summed E-state index contributed by atoms with van der Waals surface area (Å²) in [4.78, 5) is 23.5. The first-order chi connectivity index (χ1) is 11.1. The molecule has 0 aliphatic carbocycles. The van der Waals surface area contributed by atoms with E-state index in [9.17, 15) is 18.0 Å². The molecule has 134 valence electrons. The Bertz CT molecular complexity index is 716. The molecular formula is C15H24N4O4S. The van der Waals surface area contributed by atoms with Crippen molar-refractivity contribution in [3.63, 3.8) is 0 Å². The lowest BCUT2D eigenvalue weighted by molar-refractivity contribution is -0.125. The zero-order valence-electron chi connectivity index (χ0n) is 14.0. The van der Waals surface area contributed by atoms with Gasteiger partial charge in [0.25, 0.3) is 0 Å². The first kappa shape index (κ1) is 20.1. The van der Waals surface area contributed by atoms with Crippen molar-refractivity contribution >= 4 is 27.5 Å². The second kappa shape index (κ2) is 8.22. The fraction of sp³-hybridized carbons (Fsp3) is 0.467. The SMILES string of the molecule is CCc1ccc(NC(=O)CNC(=O)[C@@H](N)C(C)C)cc1S(N)(=O)=O. The largest absolute Gasteiger partial charge is 0.346 e. The Balaban J connectivity index is 2.76. The number of rotatable bonds is 7. The normalized spacial score (nSPS) is 12.8. The molecule has 1 aromatic carbocycles. The Hall–Kier alpha value is -1.97. The van der Waals surface area contributed by atoms with Crippen LogP contribution in [0.25, 0.3) is 0 Å². The van der Waals surface area contributed by atoms with Crippen LogP contribution >= 0.6 is 0 Å². The number of carbonyl (C=O) groups is 2. The summed E-state index contributed by atoms with van der Waals surface area (Å²) >= 11 is 0. The minimum atomic E-state index is -3.89. The molecule has 8 nitrogen and oxygen atoms in total. The molecule has 1 aromatic rings. The van der Waals surface area contributed by atoms with Gasteiger partial charge in [-0.25, -0.2) is 13.6 Å². The summed E-state index contributed by atoms with van der Waals surface area (Å²) in [5.74, 6) is -0.970. The lowest BCUT2D eigenvalue weighted by Gasteiger charge is -2.15. The Kier molecular flexibility index (Phi) is 6.88. The van der Waals surface area contributed by atoms with Gasteiger partial charge in [-0.3, -0.25) is 9.59 Å². The van der Waals surface area contributed by atoms with Gasteiger partial charge in [0, 0.05) is 5.69 Å². The Morgan fingerprint density at radius 2 is 1.88 bits per heavy atom. The van der Waals surface area contributed by atoms with E-state index in [0.717, 1.165) is 0 Å².